The molecule has 0 N–H and O–H groups in total. The maximum atomic E-state index is 8.93. The lowest BCUT2D eigenvalue weighted by Gasteiger charge is -2.37. The molecule has 0 aromatic carbocycles. The Bertz CT molecular complexity index is 626. The Hall–Kier alpha value is -1.53. The highest BCUT2D eigenvalue weighted by Crippen LogP contribution is 2.44. The Morgan fingerprint density at radius 3 is 2.52 bits per heavy atom. The molecule has 108 valence electrons. The van der Waals surface area contributed by atoms with Gasteiger partial charge in [0, 0.05) is 18.3 Å². The zero-order valence-corrected chi connectivity index (χ0v) is 12.7. The molecule has 4 heteroatoms. The van der Waals surface area contributed by atoms with Crippen LogP contribution in [0, 0.1) is 17.2 Å². The zero-order valence-electron chi connectivity index (χ0n) is 11.9. The van der Waals surface area contributed by atoms with Gasteiger partial charge in [-0.3, -0.25) is 0 Å². The maximum absolute atomic E-state index is 8.93. The van der Waals surface area contributed by atoms with E-state index >= 15 is 0 Å². The SMILES string of the molecule is N#Cc1cnc(N2C3CCC2CC(=CC2CC2)C3)c(Cl)c1. The fraction of sp³-hybridized carbons (Fsp3) is 0.529. The third kappa shape index (κ3) is 2.42. The molecule has 3 nitrogen and oxygen atoms in total. The van der Waals surface area contributed by atoms with Crippen molar-refractivity contribution < 1.29 is 0 Å². The van der Waals surface area contributed by atoms with Crippen molar-refractivity contribution in [3.05, 3.63) is 34.5 Å². The van der Waals surface area contributed by atoms with Crippen LogP contribution in [0.2, 0.25) is 5.02 Å². The number of nitriles is 1. The quantitative estimate of drug-likeness (QED) is 0.773. The van der Waals surface area contributed by atoms with Gasteiger partial charge in [0.25, 0.3) is 0 Å². The first kappa shape index (κ1) is 13.2. The third-order valence-electron chi connectivity index (χ3n) is 4.90. The molecule has 0 spiro atoms. The summed E-state index contributed by atoms with van der Waals surface area (Å²) in [6, 6.07) is 4.90. The van der Waals surface area contributed by atoms with Gasteiger partial charge < -0.3 is 4.90 Å². The zero-order chi connectivity index (χ0) is 14.4. The van der Waals surface area contributed by atoms with E-state index in [1.54, 1.807) is 17.8 Å². The number of halogens is 1. The molecule has 2 bridgehead atoms. The standard InChI is InChI=1S/C17H18ClN3/c18-16-8-13(9-19)10-20-17(16)21-14-3-4-15(21)7-12(6-14)5-11-1-2-11/h5,8,10-11,14-15H,1-4,6-7H2. The maximum Gasteiger partial charge on any atom is 0.147 e. The lowest BCUT2D eigenvalue weighted by Crippen LogP contribution is -2.41. The number of allylic oxidation sites excluding steroid dienone is 1. The van der Waals surface area contributed by atoms with Gasteiger partial charge in [0.05, 0.1) is 10.6 Å². The summed E-state index contributed by atoms with van der Waals surface area (Å²) in [5, 5.41) is 9.55. The van der Waals surface area contributed by atoms with E-state index in [0.29, 0.717) is 22.7 Å². The Morgan fingerprint density at radius 2 is 1.95 bits per heavy atom. The van der Waals surface area contributed by atoms with Gasteiger partial charge >= 0.3 is 0 Å². The summed E-state index contributed by atoms with van der Waals surface area (Å²) >= 11 is 6.36. The molecular weight excluding hydrogens is 282 g/mol. The molecule has 1 saturated carbocycles. The Morgan fingerprint density at radius 1 is 1.24 bits per heavy atom. The highest BCUT2D eigenvalue weighted by atomic mass is 35.5. The number of aromatic nitrogens is 1. The molecule has 21 heavy (non-hydrogen) atoms. The summed E-state index contributed by atoms with van der Waals surface area (Å²) in [7, 11) is 0. The number of rotatable bonds is 2. The minimum absolute atomic E-state index is 0.530. The average Bonchev–Trinajstić information content (AvgIpc) is 3.25. The molecule has 3 fully saturated rings. The fourth-order valence-corrected chi connectivity index (χ4v) is 4.07. The van der Waals surface area contributed by atoms with Gasteiger partial charge in [-0.15, -0.1) is 0 Å². The van der Waals surface area contributed by atoms with Crippen LogP contribution < -0.4 is 4.90 Å². The van der Waals surface area contributed by atoms with Crippen molar-refractivity contribution in [2.24, 2.45) is 5.92 Å². The molecule has 0 radical (unpaired) electrons. The molecule has 2 saturated heterocycles. The van der Waals surface area contributed by atoms with Crippen LogP contribution >= 0.6 is 11.6 Å². The molecule has 3 aliphatic rings. The molecule has 3 heterocycles. The van der Waals surface area contributed by atoms with E-state index < -0.39 is 0 Å². The van der Waals surface area contributed by atoms with Gasteiger partial charge in [0.1, 0.15) is 11.9 Å². The summed E-state index contributed by atoms with van der Waals surface area (Å²) in [4.78, 5) is 6.87. The molecule has 2 unspecified atom stereocenters. The topological polar surface area (TPSA) is 39.9 Å². The van der Waals surface area contributed by atoms with Crippen LogP contribution in [-0.4, -0.2) is 17.1 Å². The smallest absolute Gasteiger partial charge is 0.147 e. The van der Waals surface area contributed by atoms with Crippen molar-refractivity contribution in [1.29, 1.82) is 5.26 Å². The molecular formula is C17H18ClN3. The van der Waals surface area contributed by atoms with E-state index in [4.69, 9.17) is 16.9 Å². The van der Waals surface area contributed by atoms with Crippen molar-refractivity contribution in [1.82, 2.24) is 4.98 Å². The largest absolute Gasteiger partial charge is 0.349 e. The summed E-state index contributed by atoms with van der Waals surface area (Å²) in [5.41, 5.74) is 2.17. The van der Waals surface area contributed by atoms with Crippen molar-refractivity contribution in [2.45, 2.75) is 50.6 Å². The molecule has 2 aliphatic heterocycles. The van der Waals surface area contributed by atoms with E-state index in [0.717, 1.165) is 24.6 Å². The number of hydrogen-bond acceptors (Lipinski definition) is 3. The van der Waals surface area contributed by atoms with E-state index in [9.17, 15) is 0 Å². The molecule has 2 atom stereocenters. The van der Waals surface area contributed by atoms with Gasteiger partial charge in [0.2, 0.25) is 0 Å². The third-order valence-corrected chi connectivity index (χ3v) is 5.18. The fourth-order valence-electron chi connectivity index (χ4n) is 3.81. The van der Waals surface area contributed by atoms with Gasteiger partial charge in [-0.05, 0) is 50.5 Å². The molecule has 1 aromatic rings. The van der Waals surface area contributed by atoms with Crippen molar-refractivity contribution in [2.75, 3.05) is 4.90 Å². The first-order valence-corrected chi connectivity index (χ1v) is 8.16. The van der Waals surface area contributed by atoms with Crippen LogP contribution in [0.25, 0.3) is 0 Å². The molecule has 4 rings (SSSR count). The first-order valence-electron chi connectivity index (χ1n) is 7.78. The summed E-state index contributed by atoms with van der Waals surface area (Å²) in [6.45, 7) is 0. The number of anilines is 1. The van der Waals surface area contributed by atoms with E-state index in [1.165, 1.54) is 25.7 Å². The monoisotopic (exact) mass is 299 g/mol. The summed E-state index contributed by atoms with van der Waals surface area (Å²) in [5.74, 6) is 1.73. The predicted octanol–water partition coefficient (Wildman–Crippen LogP) is 4.07. The molecule has 0 amide bonds. The van der Waals surface area contributed by atoms with Gasteiger partial charge in [0.15, 0.2) is 0 Å². The Labute approximate surface area is 130 Å². The van der Waals surface area contributed by atoms with Crippen LogP contribution in [0.4, 0.5) is 5.82 Å². The van der Waals surface area contributed by atoms with Crippen molar-refractivity contribution >= 4 is 17.4 Å². The number of nitrogens with zero attached hydrogens (tertiary/aromatic N) is 3. The van der Waals surface area contributed by atoms with E-state index in [1.807, 2.05) is 0 Å². The highest BCUT2D eigenvalue weighted by molar-refractivity contribution is 6.33. The lowest BCUT2D eigenvalue weighted by molar-refractivity contribution is 0.542. The van der Waals surface area contributed by atoms with Crippen LogP contribution in [0.1, 0.15) is 44.1 Å². The normalized spacial score (nSPS) is 27.6. The number of hydrogen-bond donors (Lipinski definition) is 0. The second kappa shape index (κ2) is 5.03. The summed E-state index contributed by atoms with van der Waals surface area (Å²) in [6.07, 6.45) is 11.7. The minimum Gasteiger partial charge on any atom is -0.349 e. The predicted molar refractivity (Wildman–Crippen MR) is 83.3 cm³/mol. The van der Waals surface area contributed by atoms with Crippen molar-refractivity contribution in [3.63, 3.8) is 0 Å². The molecule has 1 aliphatic carbocycles. The number of pyridine rings is 1. The highest BCUT2D eigenvalue weighted by Gasteiger charge is 2.40. The van der Waals surface area contributed by atoms with Crippen LogP contribution in [0.15, 0.2) is 23.9 Å². The van der Waals surface area contributed by atoms with E-state index in [2.05, 4.69) is 22.0 Å². The number of piperidine rings is 1. The molecule has 1 aromatic heterocycles. The van der Waals surface area contributed by atoms with Gasteiger partial charge in [-0.2, -0.15) is 5.26 Å². The first-order chi connectivity index (χ1) is 10.2. The van der Waals surface area contributed by atoms with Crippen molar-refractivity contribution in [3.8, 4) is 6.07 Å². The van der Waals surface area contributed by atoms with Gasteiger partial charge in [-0.1, -0.05) is 23.3 Å². The van der Waals surface area contributed by atoms with Crippen LogP contribution in [0.5, 0.6) is 0 Å². The Kier molecular flexibility index (Phi) is 3.15. The van der Waals surface area contributed by atoms with Gasteiger partial charge in [-0.25, -0.2) is 4.98 Å². The van der Waals surface area contributed by atoms with Crippen LogP contribution in [-0.2, 0) is 0 Å². The summed E-state index contributed by atoms with van der Waals surface area (Å²) < 4.78 is 0. The lowest BCUT2D eigenvalue weighted by atomic mass is 9.95. The Balaban J connectivity index is 1.61. The van der Waals surface area contributed by atoms with Crippen LogP contribution in [0.3, 0.4) is 0 Å². The van der Waals surface area contributed by atoms with E-state index in [-0.39, 0.29) is 0 Å². The average molecular weight is 300 g/mol. The minimum atomic E-state index is 0.530. The number of fused-ring (bicyclic) bond motifs is 2. The second-order valence-electron chi connectivity index (χ2n) is 6.50. The second-order valence-corrected chi connectivity index (χ2v) is 6.91.